The first-order valence-electron chi connectivity index (χ1n) is 12.0. The highest BCUT2D eigenvalue weighted by Gasteiger charge is 2.40. The van der Waals surface area contributed by atoms with Gasteiger partial charge in [-0.25, -0.2) is 0 Å². The van der Waals surface area contributed by atoms with Gasteiger partial charge in [0.15, 0.2) is 5.78 Å². The molecule has 0 bridgehead atoms. The average Bonchev–Trinajstić information content (AvgIpc) is 2.93. The van der Waals surface area contributed by atoms with Gasteiger partial charge in [0.2, 0.25) is 0 Å². The van der Waals surface area contributed by atoms with E-state index in [9.17, 15) is 4.79 Å². The number of nitrogens with one attached hydrogen (secondary N) is 1. The second-order valence-electron chi connectivity index (χ2n) is 9.05. The molecule has 0 saturated carbocycles. The van der Waals surface area contributed by atoms with Crippen molar-refractivity contribution in [1.29, 1.82) is 0 Å². The van der Waals surface area contributed by atoms with Crippen LogP contribution in [0.2, 0.25) is 0 Å². The molecule has 0 heterocycles. The second kappa shape index (κ2) is 9.91. The maximum absolute atomic E-state index is 13.5. The van der Waals surface area contributed by atoms with Crippen molar-refractivity contribution in [3.05, 3.63) is 143 Å². The number of benzene rings is 4. The molecule has 0 fully saturated rings. The Morgan fingerprint density at radius 2 is 1.33 bits per heavy atom. The van der Waals surface area contributed by atoms with Crippen molar-refractivity contribution >= 4 is 17.5 Å². The summed E-state index contributed by atoms with van der Waals surface area (Å²) in [5.41, 5.74) is 19.1. The molecule has 0 amide bonds. The van der Waals surface area contributed by atoms with Crippen molar-refractivity contribution in [2.75, 3.05) is 12.3 Å². The van der Waals surface area contributed by atoms with Gasteiger partial charge in [-0.1, -0.05) is 115 Å². The predicted octanol–water partition coefficient (Wildman–Crippen LogP) is 4.92. The first kappa shape index (κ1) is 23.7. The second-order valence-corrected chi connectivity index (χ2v) is 9.05. The van der Waals surface area contributed by atoms with Crippen molar-refractivity contribution < 1.29 is 9.63 Å². The molecule has 4 aromatic carbocycles. The highest BCUT2D eigenvalue weighted by Crippen LogP contribution is 2.38. The van der Waals surface area contributed by atoms with Gasteiger partial charge in [0.05, 0.1) is 0 Å². The molecule has 0 aromatic heterocycles. The van der Waals surface area contributed by atoms with Crippen molar-refractivity contribution in [2.45, 2.75) is 17.5 Å². The van der Waals surface area contributed by atoms with Gasteiger partial charge in [-0.2, -0.15) is 5.48 Å². The number of carbonyl (C=O) groups is 1. The number of anilines is 1. The van der Waals surface area contributed by atoms with E-state index in [0.717, 1.165) is 27.8 Å². The number of hydrogen-bond donors (Lipinski definition) is 3. The Morgan fingerprint density at radius 3 is 1.86 bits per heavy atom. The minimum Gasteiger partial charge on any atom is -0.398 e. The summed E-state index contributed by atoms with van der Waals surface area (Å²) in [6.07, 6.45) is 4.20. The van der Waals surface area contributed by atoms with E-state index in [1.54, 1.807) is 0 Å². The van der Waals surface area contributed by atoms with Gasteiger partial charge >= 0.3 is 0 Å². The molecule has 0 saturated heterocycles. The van der Waals surface area contributed by atoms with E-state index in [2.05, 4.69) is 5.48 Å². The molecule has 1 atom stereocenters. The van der Waals surface area contributed by atoms with Gasteiger partial charge in [0.25, 0.3) is 0 Å². The summed E-state index contributed by atoms with van der Waals surface area (Å²) < 4.78 is 0. The summed E-state index contributed by atoms with van der Waals surface area (Å²) in [5, 5.41) is 0. The van der Waals surface area contributed by atoms with Crippen LogP contribution in [0.25, 0.3) is 6.08 Å². The Labute approximate surface area is 211 Å². The van der Waals surface area contributed by atoms with Crippen LogP contribution in [0.3, 0.4) is 0 Å². The lowest BCUT2D eigenvalue weighted by atomic mass is 9.77. The zero-order valence-corrected chi connectivity index (χ0v) is 19.9. The third kappa shape index (κ3) is 4.14. The highest BCUT2D eigenvalue weighted by atomic mass is 16.6. The fourth-order valence-electron chi connectivity index (χ4n) is 4.97. The van der Waals surface area contributed by atoms with E-state index < -0.39 is 11.1 Å². The van der Waals surface area contributed by atoms with Gasteiger partial charge in [0.1, 0.15) is 17.7 Å². The third-order valence-electron chi connectivity index (χ3n) is 6.89. The van der Waals surface area contributed by atoms with Crippen molar-refractivity contribution in [1.82, 2.24) is 5.48 Å². The Balaban J connectivity index is 1.49. The van der Waals surface area contributed by atoms with E-state index in [4.69, 9.17) is 16.3 Å². The van der Waals surface area contributed by atoms with E-state index in [-0.39, 0.29) is 12.4 Å². The van der Waals surface area contributed by atoms with Crippen LogP contribution in [0.4, 0.5) is 5.69 Å². The summed E-state index contributed by atoms with van der Waals surface area (Å²) in [5.74, 6) is -0.228. The molecule has 0 radical (unpaired) electrons. The minimum absolute atomic E-state index is 0.215. The maximum Gasteiger partial charge on any atom is 0.185 e. The maximum atomic E-state index is 13.5. The molecule has 180 valence electrons. The van der Waals surface area contributed by atoms with E-state index in [1.807, 2.05) is 121 Å². The van der Waals surface area contributed by atoms with Crippen molar-refractivity contribution in [3.63, 3.8) is 0 Å². The topological polar surface area (TPSA) is 90.4 Å². The van der Waals surface area contributed by atoms with Crippen LogP contribution in [-0.2, 0) is 20.7 Å². The number of carbonyl (C=O) groups excluding carboxylic acids is 1. The summed E-state index contributed by atoms with van der Waals surface area (Å²) in [4.78, 5) is 19.6. The average molecular weight is 476 g/mol. The van der Waals surface area contributed by atoms with E-state index >= 15 is 0 Å². The SMILES string of the molecule is Nc1cccc2c1C=CCC2(N)C(=O)CONC(c1ccccc1)(c1ccccc1)c1ccccc1. The van der Waals surface area contributed by atoms with Gasteiger partial charge in [0, 0.05) is 11.3 Å². The van der Waals surface area contributed by atoms with Crippen molar-refractivity contribution in [3.8, 4) is 0 Å². The molecule has 36 heavy (non-hydrogen) atoms. The van der Waals surface area contributed by atoms with Gasteiger partial charge in [-0.3, -0.25) is 9.63 Å². The Bertz CT molecular complexity index is 1270. The van der Waals surface area contributed by atoms with E-state index in [0.29, 0.717) is 12.1 Å². The van der Waals surface area contributed by atoms with Crippen LogP contribution >= 0.6 is 0 Å². The van der Waals surface area contributed by atoms with Crippen LogP contribution < -0.4 is 16.9 Å². The molecule has 1 aliphatic rings. The number of nitrogen functional groups attached to an aromatic ring is 1. The van der Waals surface area contributed by atoms with Gasteiger partial charge in [-0.15, -0.1) is 0 Å². The van der Waals surface area contributed by atoms with Crippen LogP contribution in [0.1, 0.15) is 34.2 Å². The number of fused-ring (bicyclic) bond motifs is 1. The molecular weight excluding hydrogens is 446 g/mol. The number of nitrogens with two attached hydrogens (primary N) is 2. The lowest BCUT2D eigenvalue weighted by Gasteiger charge is -2.37. The Kier molecular flexibility index (Phi) is 6.53. The molecule has 1 unspecified atom stereocenters. The highest BCUT2D eigenvalue weighted by molar-refractivity contribution is 5.93. The summed E-state index contributed by atoms with van der Waals surface area (Å²) in [7, 11) is 0. The predicted molar refractivity (Wildman–Crippen MR) is 144 cm³/mol. The van der Waals surface area contributed by atoms with Gasteiger partial charge in [-0.05, 0) is 34.7 Å². The molecule has 1 aliphatic carbocycles. The third-order valence-corrected chi connectivity index (χ3v) is 6.89. The quantitative estimate of drug-likeness (QED) is 0.191. The standard InChI is InChI=1S/C31H29N3O2/c32-28-20-10-19-27-26(28)18-11-21-30(27,33)29(35)22-36-34-31(23-12-4-1-5-13-23,24-14-6-2-7-15-24)25-16-8-3-9-17-25/h1-20,34H,21-22,32-33H2. The Morgan fingerprint density at radius 1 is 0.806 bits per heavy atom. The first-order chi connectivity index (χ1) is 17.6. The number of ketones is 1. The van der Waals surface area contributed by atoms with Crippen molar-refractivity contribution in [2.24, 2.45) is 5.73 Å². The molecule has 5 rings (SSSR count). The molecule has 5 heteroatoms. The number of Topliss-reactive ketones (excluding diaryl/α,β-unsaturated/α-hetero) is 1. The van der Waals surface area contributed by atoms with Crippen LogP contribution in [0.5, 0.6) is 0 Å². The molecule has 0 aliphatic heterocycles. The fourth-order valence-corrected chi connectivity index (χ4v) is 4.97. The normalized spacial score (nSPS) is 16.9. The largest absolute Gasteiger partial charge is 0.398 e. The van der Waals surface area contributed by atoms with Gasteiger partial charge < -0.3 is 11.5 Å². The number of hydrogen-bond acceptors (Lipinski definition) is 5. The zero-order valence-electron chi connectivity index (χ0n) is 19.9. The summed E-state index contributed by atoms with van der Waals surface area (Å²) >= 11 is 0. The summed E-state index contributed by atoms with van der Waals surface area (Å²) in [6.45, 7) is -0.215. The molecule has 5 N–H and O–H groups in total. The molecule has 0 spiro atoms. The van der Waals surface area contributed by atoms with E-state index in [1.165, 1.54) is 0 Å². The number of hydroxylamine groups is 1. The monoisotopic (exact) mass is 475 g/mol. The van der Waals surface area contributed by atoms with Crippen LogP contribution in [-0.4, -0.2) is 12.4 Å². The lowest BCUT2D eigenvalue weighted by Crippen LogP contribution is -2.50. The summed E-state index contributed by atoms with van der Waals surface area (Å²) in [6, 6.07) is 35.7. The Hall–Kier alpha value is -4.03. The molecule has 5 nitrogen and oxygen atoms in total. The molecular formula is C31H29N3O2. The molecule has 4 aromatic rings. The smallest absolute Gasteiger partial charge is 0.185 e. The van der Waals surface area contributed by atoms with Crippen LogP contribution in [0.15, 0.2) is 115 Å². The fraction of sp³-hybridized carbons (Fsp3) is 0.129. The first-order valence-corrected chi connectivity index (χ1v) is 12.0. The van der Waals surface area contributed by atoms with Crippen LogP contribution in [0, 0.1) is 0 Å². The zero-order chi connectivity index (χ0) is 25.0. The number of rotatable bonds is 8. The lowest BCUT2D eigenvalue weighted by molar-refractivity contribution is -0.133. The minimum atomic E-state index is -1.21.